The highest BCUT2D eigenvalue weighted by Gasteiger charge is 2.01. The van der Waals surface area contributed by atoms with Crippen molar-refractivity contribution in [2.75, 3.05) is 6.54 Å². The third-order valence-corrected chi connectivity index (χ3v) is 0.969. The molecular formula is C4H8N4. The van der Waals surface area contributed by atoms with Gasteiger partial charge in [-0.05, 0) is 0 Å². The molecule has 1 aliphatic rings. The summed E-state index contributed by atoms with van der Waals surface area (Å²) < 4.78 is 0. The Hall–Kier alpha value is -0.900. The third kappa shape index (κ3) is 1.04. The van der Waals surface area contributed by atoms with Gasteiger partial charge in [-0.15, -0.1) is 0 Å². The molecule has 0 amide bonds. The number of aliphatic imine (C=N–C) groups is 1. The number of rotatable bonds is 0. The van der Waals surface area contributed by atoms with Gasteiger partial charge in [0, 0.05) is 13.0 Å². The minimum atomic E-state index is 0.409. The average molecular weight is 112 g/mol. The highest BCUT2D eigenvalue weighted by molar-refractivity contribution is 5.88. The number of nitrogens with zero attached hydrogens (tertiary/aromatic N) is 2. The first-order valence-corrected chi connectivity index (χ1v) is 2.42. The zero-order valence-corrected chi connectivity index (χ0v) is 4.46. The summed E-state index contributed by atoms with van der Waals surface area (Å²) in [6, 6.07) is 0. The molecule has 8 heavy (non-hydrogen) atoms. The fraction of sp³-hybridized carbons (Fsp3) is 0.500. The Labute approximate surface area is 47.5 Å². The van der Waals surface area contributed by atoms with Crippen molar-refractivity contribution in [2.24, 2.45) is 10.8 Å². The molecule has 1 rings (SSSR count). The molecule has 4 heteroatoms. The summed E-state index contributed by atoms with van der Waals surface area (Å²) in [5, 5.41) is 8.47. The summed E-state index contributed by atoms with van der Waals surface area (Å²) in [7, 11) is 0. The van der Waals surface area contributed by atoms with E-state index in [1.807, 2.05) is 0 Å². The van der Waals surface area contributed by atoms with Gasteiger partial charge < -0.3 is 5.01 Å². The van der Waals surface area contributed by atoms with E-state index in [2.05, 4.69) is 4.99 Å². The summed E-state index contributed by atoms with van der Waals surface area (Å²) in [6.07, 6.45) is 2.12. The van der Waals surface area contributed by atoms with Crippen LogP contribution in [0.3, 0.4) is 0 Å². The van der Waals surface area contributed by atoms with Crippen LogP contribution in [-0.4, -0.2) is 23.7 Å². The molecule has 1 aliphatic heterocycles. The van der Waals surface area contributed by atoms with E-state index in [0.29, 0.717) is 18.8 Å². The van der Waals surface area contributed by atoms with Gasteiger partial charge in [-0.3, -0.25) is 5.41 Å². The number of hydrogen-bond donors (Lipinski definition) is 2. The molecule has 0 radical (unpaired) electrons. The van der Waals surface area contributed by atoms with Crippen LogP contribution in [0.1, 0.15) is 6.42 Å². The topological polar surface area (TPSA) is 65.5 Å². The molecule has 0 saturated carbocycles. The normalized spacial score (nSPS) is 19.6. The van der Waals surface area contributed by atoms with E-state index in [0.717, 1.165) is 0 Å². The largest absolute Gasteiger partial charge is 0.300 e. The van der Waals surface area contributed by atoms with E-state index >= 15 is 0 Å². The van der Waals surface area contributed by atoms with Gasteiger partial charge in [0.1, 0.15) is 12.2 Å². The van der Waals surface area contributed by atoms with Crippen LogP contribution in [0.25, 0.3) is 0 Å². The molecule has 0 saturated heterocycles. The number of nitrogens with two attached hydrogens (primary N) is 1. The Bertz CT molecular complexity index is 128. The standard InChI is InChI=1S/C4H8N4/c5-4-1-2-8(6)3-7-4/h3,5H,1-2,6H2. The van der Waals surface area contributed by atoms with Crippen molar-refractivity contribution >= 4 is 12.2 Å². The Balaban J connectivity index is 2.55. The quantitative estimate of drug-likeness (QED) is 0.418. The van der Waals surface area contributed by atoms with Crippen LogP contribution in [0.4, 0.5) is 0 Å². The van der Waals surface area contributed by atoms with Crippen LogP contribution in [0, 0.1) is 5.41 Å². The van der Waals surface area contributed by atoms with Crippen molar-refractivity contribution in [1.82, 2.24) is 5.01 Å². The van der Waals surface area contributed by atoms with Crippen LogP contribution in [0.2, 0.25) is 0 Å². The van der Waals surface area contributed by atoms with Crippen molar-refractivity contribution < 1.29 is 0 Å². The van der Waals surface area contributed by atoms with E-state index in [1.54, 1.807) is 0 Å². The molecule has 0 unspecified atom stereocenters. The van der Waals surface area contributed by atoms with Crippen molar-refractivity contribution in [3.05, 3.63) is 0 Å². The number of hydrogen-bond acceptors (Lipinski definition) is 3. The second kappa shape index (κ2) is 1.92. The van der Waals surface area contributed by atoms with E-state index in [1.165, 1.54) is 11.3 Å². The van der Waals surface area contributed by atoms with Gasteiger partial charge in [0.2, 0.25) is 0 Å². The maximum atomic E-state index is 7.00. The van der Waals surface area contributed by atoms with E-state index in [-0.39, 0.29) is 0 Å². The minimum Gasteiger partial charge on any atom is -0.300 e. The van der Waals surface area contributed by atoms with Gasteiger partial charge >= 0.3 is 0 Å². The van der Waals surface area contributed by atoms with E-state index in [9.17, 15) is 0 Å². The SMILES string of the molecule is N=C1CCN(N)C=N1. The molecule has 1 heterocycles. The van der Waals surface area contributed by atoms with Gasteiger partial charge in [-0.2, -0.15) is 0 Å². The molecule has 0 aliphatic carbocycles. The number of nitrogens with one attached hydrogen (secondary N) is 1. The summed E-state index contributed by atoms with van der Waals surface area (Å²) in [5.74, 6) is 5.69. The first-order chi connectivity index (χ1) is 3.79. The van der Waals surface area contributed by atoms with Gasteiger partial charge in [-0.25, -0.2) is 10.8 Å². The van der Waals surface area contributed by atoms with Gasteiger partial charge in [0.15, 0.2) is 0 Å². The van der Waals surface area contributed by atoms with Crippen LogP contribution in [0.15, 0.2) is 4.99 Å². The molecule has 0 bridgehead atoms. The van der Waals surface area contributed by atoms with Crippen LogP contribution in [-0.2, 0) is 0 Å². The van der Waals surface area contributed by atoms with Crippen molar-refractivity contribution in [1.29, 1.82) is 5.41 Å². The highest BCUT2D eigenvalue weighted by atomic mass is 15.4. The predicted molar refractivity (Wildman–Crippen MR) is 31.7 cm³/mol. The van der Waals surface area contributed by atoms with Gasteiger partial charge in [0.25, 0.3) is 0 Å². The summed E-state index contributed by atoms with van der Waals surface area (Å²) >= 11 is 0. The van der Waals surface area contributed by atoms with Gasteiger partial charge in [0.05, 0.1) is 0 Å². The molecule has 0 atom stereocenters. The highest BCUT2D eigenvalue weighted by Crippen LogP contribution is 1.91. The average Bonchev–Trinajstić information content (AvgIpc) is 1.77. The number of amidine groups is 1. The first kappa shape index (κ1) is 5.24. The Morgan fingerprint density at radius 3 is 3.00 bits per heavy atom. The van der Waals surface area contributed by atoms with E-state index in [4.69, 9.17) is 11.3 Å². The van der Waals surface area contributed by atoms with Crippen molar-refractivity contribution in [3.63, 3.8) is 0 Å². The van der Waals surface area contributed by atoms with Gasteiger partial charge in [-0.1, -0.05) is 0 Å². The molecule has 0 fully saturated rings. The van der Waals surface area contributed by atoms with Crippen LogP contribution in [0.5, 0.6) is 0 Å². The lowest BCUT2D eigenvalue weighted by Crippen LogP contribution is -2.34. The van der Waals surface area contributed by atoms with Crippen LogP contribution < -0.4 is 5.84 Å². The predicted octanol–water partition coefficient (Wildman–Crippen LogP) is -0.429. The Kier molecular flexibility index (Phi) is 1.26. The molecule has 0 aromatic heterocycles. The Morgan fingerprint density at radius 1 is 1.88 bits per heavy atom. The van der Waals surface area contributed by atoms with Crippen molar-refractivity contribution in [3.8, 4) is 0 Å². The molecule has 44 valence electrons. The van der Waals surface area contributed by atoms with E-state index < -0.39 is 0 Å². The zero-order chi connectivity index (χ0) is 5.98. The van der Waals surface area contributed by atoms with Crippen molar-refractivity contribution in [2.45, 2.75) is 6.42 Å². The second-order valence-corrected chi connectivity index (χ2v) is 1.68. The molecular weight excluding hydrogens is 104 g/mol. The lowest BCUT2D eigenvalue weighted by atomic mass is 10.4. The lowest BCUT2D eigenvalue weighted by molar-refractivity contribution is 0.458. The zero-order valence-electron chi connectivity index (χ0n) is 4.46. The summed E-state index contributed by atoms with van der Waals surface area (Å²) in [4.78, 5) is 3.67. The molecule has 4 nitrogen and oxygen atoms in total. The third-order valence-electron chi connectivity index (χ3n) is 0.969. The lowest BCUT2D eigenvalue weighted by Gasteiger charge is -2.15. The summed E-state index contributed by atoms with van der Waals surface area (Å²) in [5.41, 5.74) is 0. The maximum absolute atomic E-state index is 7.00. The molecule has 0 spiro atoms. The molecule has 3 N–H and O–H groups in total. The summed E-state index contributed by atoms with van der Waals surface area (Å²) in [6.45, 7) is 0.711. The first-order valence-electron chi connectivity index (χ1n) is 2.42. The Morgan fingerprint density at radius 2 is 2.62 bits per heavy atom. The van der Waals surface area contributed by atoms with Crippen LogP contribution >= 0.6 is 0 Å². The molecule has 0 aromatic carbocycles. The minimum absolute atomic E-state index is 0.409. The fourth-order valence-corrected chi connectivity index (χ4v) is 0.501. The fourth-order valence-electron chi connectivity index (χ4n) is 0.501. The second-order valence-electron chi connectivity index (χ2n) is 1.68. The monoisotopic (exact) mass is 112 g/mol. The molecule has 0 aromatic rings. The maximum Gasteiger partial charge on any atom is 0.124 e. The smallest absolute Gasteiger partial charge is 0.124 e. The number of hydrazine groups is 1.